The number of nitrogens with one attached hydrogen (secondary N) is 2. The summed E-state index contributed by atoms with van der Waals surface area (Å²) in [5, 5.41) is 6.87. The highest BCUT2D eigenvalue weighted by atomic mass is 35.5. The van der Waals surface area contributed by atoms with Crippen LogP contribution in [0.1, 0.15) is 16.7 Å². The number of carbonyl (C=O) groups is 1. The number of benzene rings is 4. The normalized spacial score (nSPS) is 11.4. The van der Waals surface area contributed by atoms with E-state index in [0.717, 1.165) is 49.1 Å². The van der Waals surface area contributed by atoms with Crippen molar-refractivity contribution in [1.29, 1.82) is 0 Å². The first-order valence-corrected chi connectivity index (χ1v) is 12.2. The van der Waals surface area contributed by atoms with Crippen molar-refractivity contribution in [3.63, 3.8) is 0 Å². The summed E-state index contributed by atoms with van der Waals surface area (Å²) >= 11 is 7.31. The third-order valence-electron chi connectivity index (χ3n) is 5.70. The van der Waals surface area contributed by atoms with E-state index >= 15 is 0 Å². The predicted molar refractivity (Wildman–Crippen MR) is 145 cm³/mol. The van der Waals surface area contributed by atoms with E-state index in [-0.39, 0.29) is 6.03 Å². The van der Waals surface area contributed by atoms with Gasteiger partial charge in [0, 0.05) is 21.0 Å². The third-order valence-corrected chi connectivity index (χ3v) is 7.08. The molecule has 0 spiro atoms. The number of amides is 2. The van der Waals surface area contributed by atoms with Crippen molar-refractivity contribution in [2.24, 2.45) is 5.10 Å². The maximum absolute atomic E-state index is 12.2. The summed E-state index contributed by atoms with van der Waals surface area (Å²) in [5.74, 6) is 0. The highest BCUT2D eigenvalue weighted by Crippen LogP contribution is 2.27. The molecule has 0 unspecified atom stereocenters. The second-order valence-electron chi connectivity index (χ2n) is 8.13. The Morgan fingerprint density at radius 2 is 1.80 bits per heavy atom. The Bertz CT molecular complexity index is 1560. The SMILES string of the molecule is Cc1cccc(C)c1SNC(=O)N/N=C/c1ccc2c(ccc3c2ncn3-c2ccc(Cl)cc2)c1. The summed E-state index contributed by atoms with van der Waals surface area (Å²) in [4.78, 5) is 17.8. The number of aryl methyl sites for hydroxylation is 2. The number of rotatable bonds is 5. The molecule has 2 N–H and O–H groups in total. The Balaban J connectivity index is 1.29. The fourth-order valence-corrected chi connectivity index (χ4v) is 4.79. The maximum atomic E-state index is 12.2. The van der Waals surface area contributed by atoms with Crippen LogP contribution in [-0.2, 0) is 0 Å². The smallest absolute Gasteiger partial charge is 0.299 e. The lowest BCUT2D eigenvalue weighted by atomic mass is 10.1. The average Bonchev–Trinajstić information content (AvgIpc) is 3.29. The molecule has 0 saturated heterocycles. The molecule has 8 heteroatoms. The van der Waals surface area contributed by atoms with Gasteiger partial charge in [-0.3, -0.25) is 9.29 Å². The molecule has 0 radical (unpaired) electrons. The van der Waals surface area contributed by atoms with Gasteiger partial charge in [-0.15, -0.1) is 0 Å². The van der Waals surface area contributed by atoms with E-state index in [1.807, 2.05) is 85.4 Å². The van der Waals surface area contributed by atoms with Crippen LogP contribution >= 0.6 is 23.5 Å². The molecule has 0 bridgehead atoms. The minimum Gasteiger partial charge on any atom is -0.299 e. The second-order valence-corrected chi connectivity index (χ2v) is 9.38. The van der Waals surface area contributed by atoms with Crippen LogP contribution < -0.4 is 10.1 Å². The molecule has 1 heterocycles. The number of hydrazone groups is 1. The topological polar surface area (TPSA) is 71.3 Å². The molecule has 0 fully saturated rings. The zero-order valence-electron chi connectivity index (χ0n) is 19.1. The van der Waals surface area contributed by atoms with Crippen molar-refractivity contribution < 1.29 is 4.79 Å². The number of halogens is 1. The number of imidazole rings is 1. The standard InChI is InChI=1S/C27H22ClN5OS/c1-17-4-3-5-18(2)26(17)35-32-27(34)31-30-15-19-6-12-23-20(14-19)7-13-24-25(23)29-16-33(24)22-10-8-21(28)9-11-22/h3-16H,1-2H3,(H2,31,32,34)/b30-15+. The highest BCUT2D eigenvalue weighted by molar-refractivity contribution is 7.98. The molecule has 0 aliphatic rings. The van der Waals surface area contributed by atoms with Crippen molar-refractivity contribution >= 4 is 57.6 Å². The first kappa shape index (κ1) is 23.0. The van der Waals surface area contributed by atoms with Gasteiger partial charge in [0.05, 0.1) is 17.2 Å². The van der Waals surface area contributed by atoms with E-state index in [0.29, 0.717) is 5.02 Å². The third kappa shape index (κ3) is 4.87. The van der Waals surface area contributed by atoms with Gasteiger partial charge in [0.15, 0.2) is 0 Å². The van der Waals surface area contributed by atoms with E-state index < -0.39 is 0 Å². The van der Waals surface area contributed by atoms with E-state index in [1.54, 1.807) is 6.21 Å². The molecule has 6 nitrogen and oxygen atoms in total. The molecule has 2 amide bonds. The van der Waals surface area contributed by atoms with Crippen molar-refractivity contribution in [3.05, 3.63) is 101 Å². The van der Waals surface area contributed by atoms with Crippen LogP contribution in [-0.4, -0.2) is 21.8 Å². The second kappa shape index (κ2) is 9.82. The van der Waals surface area contributed by atoms with Gasteiger partial charge >= 0.3 is 6.03 Å². The van der Waals surface area contributed by atoms with Gasteiger partial charge in [0.2, 0.25) is 0 Å². The van der Waals surface area contributed by atoms with Crippen LogP contribution in [0.25, 0.3) is 27.5 Å². The summed E-state index contributed by atoms with van der Waals surface area (Å²) in [7, 11) is 0. The Labute approximate surface area is 212 Å². The Kier molecular flexibility index (Phi) is 6.44. The number of nitrogens with zero attached hydrogens (tertiary/aromatic N) is 3. The molecule has 0 atom stereocenters. The van der Waals surface area contributed by atoms with Crippen LogP contribution in [0.3, 0.4) is 0 Å². The number of fused-ring (bicyclic) bond motifs is 3. The largest absolute Gasteiger partial charge is 0.345 e. The van der Waals surface area contributed by atoms with Gasteiger partial charge in [-0.25, -0.2) is 15.2 Å². The summed E-state index contributed by atoms with van der Waals surface area (Å²) in [6.45, 7) is 4.03. The summed E-state index contributed by atoms with van der Waals surface area (Å²) < 4.78 is 4.81. The highest BCUT2D eigenvalue weighted by Gasteiger charge is 2.09. The van der Waals surface area contributed by atoms with Crippen LogP contribution in [0.5, 0.6) is 0 Å². The van der Waals surface area contributed by atoms with Gasteiger partial charge in [-0.2, -0.15) is 5.10 Å². The quantitative estimate of drug-likeness (QED) is 0.159. The molecule has 5 rings (SSSR count). The van der Waals surface area contributed by atoms with Crippen LogP contribution in [0.15, 0.2) is 89.1 Å². The molecule has 174 valence electrons. The Hall–Kier alpha value is -3.81. The first-order chi connectivity index (χ1) is 17.0. The molecular weight excluding hydrogens is 478 g/mol. The van der Waals surface area contributed by atoms with E-state index in [1.165, 1.54) is 11.9 Å². The molecule has 0 aliphatic heterocycles. The van der Waals surface area contributed by atoms with Crippen LogP contribution in [0, 0.1) is 13.8 Å². The van der Waals surface area contributed by atoms with Crippen molar-refractivity contribution in [1.82, 2.24) is 19.7 Å². The van der Waals surface area contributed by atoms with Crippen molar-refractivity contribution in [2.75, 3.05) is 0 Å². The number of aromatic nitrogens is 2. The maximum Gasteiger partial charge on any atom is 0.345 e. The van der Waals surface area contributed by atoms with Gasteiger partial charge in [-0.1, -0.05) is 48.0 Å². The first-order valence-electron chi connectivity index (χ1n) is 11.0. The lowest BCUT2D eigenvalue weighted by Gasteiger charge is -2.09. The monoisotopic (exact) mass is 499 g/mol. The van der Waals surface area contributed by atoms with Gasteiger partial charge in [0.25, 0.3) is 0 Å². The van der Waals surface area contributed by atoms with Crippen LogP contribution in [0.4, 0.5) is 4.79 Å². The average molecular weight is 500 g/mol. The number of hydrogen-bond acceptors (Lipinski definition) is 4. The molecule has 1 aromatic heterocycles. The number of hydrogen-bond donors (Lipinski definition) is 2. The fourth-order valence-electron chi connectivity index (χ4n) is 3.96. The molecule has 5 aromatic rings. The van der Waals surface area contributed by atoms with E-state index in [2.05, 4.69) is 32.4 Å². The Morgan fingerprint density at radius 1 is 1.03 bits per heavy atom. The molecule has 0 saturated carbocycles. The van der Waals surface area contributed by atoms with E-state index in [4.69, 9.17) is 11.6 Å². The summed E-state index contributed by atoms with van der Waals surface area (Å²) in [6.07, 6.45) is 3.45. The molecule has 0 aliphatic carbocycles. The molecule has 35 heavy (non-hydrogen) atoms. The zero-order chi connectivity index (χ0) is 24.4. The molecular formula is C27H22ClN5OS. The fraction of sp³-hybridized carbons (Fsp3) is 0.0741. The van der Waals surface area contributed by atoms with E-state index in [9.17, 15) is 4.79 Å². The lowest BCUT2D eigenvalue weighted by Crippen LogP contribution is -2.27. The molecule has 4 aromatic carbocycles. The van der Waals surface area contributed by atoms with Gasteiger partial charge in [0.1, 0.15) is 6.33 Å². The predicted octanol–water partition coefficient (Wildman–Crippen LogP) is 6.79. The lowest BCUT2D eigenvalue weighted by molar-refractivity contribution is 0.247. The van der Waals surface area contributed by atoms with Crippen molar-refractivity contribution in [3.8, 4) is 5.69 Å². The minimum absolute atomic E-state index is 0.385. The van der Waals surface area contributed by atoms with Crippen LogP contribution in [0.2, 0.25) is 5.02 Å². The number of urea groups is 1. The Morgan fingerprint density at radius 3 is 2.57 bits per heavy atom. The zero-order valence-corrected chi connectivity index (χ0v) is 20.7. The number of carbonyl (C=O) groups excluding carboxylic acids is 1. The summed E-state index contributed by atoms with van der Waals surface area (Å²) in [6, 6.07) is 23.4. The summed E-state index contributed by atoms with van der Waals surface area (Å²) in [5.41, 5.74) is 8.55. The van der Waals surface area contributed by atoms with Gasteiger partial charge in [-0.05, 0) is 84.3 Å². The minimum atomic E-state index is -0.385. The van der Waals surface area contributed by atoms with Gasteiger partial charge < -0.3 is 0 Å². The van der Waals surface area contributed by atoms with Crippen molar-refractivity contribution in [2.45, 2.75) is 18.7 Å².